The van der Waals surface area contributed by atoms with Gasteiger partial charge in [-0.2, -0.15) is 5.10 Å². The van der Waals surface area contributed by atoms with Gasteiger partial charge in [0.05, 0.1) is 19.3 Å². The molecule has 9 heteroatoms. The van der Waals surface area contributed by atoms with Gasteiger partial charge in [-0.05, 0) is 41.9 Å². The molecule has 1 N–H and O–H groups in total. The maximum atomic E-state index is 12.3. The fourth-order valence-corrected chi connectivity index (χ4v) is 3.35. The highest BCUT2D eigenvalue weighted by Crippen LogP contribution is 2.10. The van der Waals surface area contributed by atoms with Gasteiger partial charge >= 0.3 is 0 Å². The minimum atomic E-state index is -0.120. The van der Waals surface area contributed by atoms with E-state index in [1.165, 1.54) is 18.4 Å². The molecule has 1 aliphatic rings. The number of amides is 1. The number of aromatic nitrogens is 6. The number of carbonyl (C=O) groups is 1. The third kappa shape index (κ3) is 4.80. The monoisotopic (exact) mass is 380 g/mol. The van der Waals surface area contributed by atoms with Gasteiger partial charge in [-0.15, -0.1) is 5.10 Å². The molecule has 0 unspecified atom stereocenters. The van der Waals surface area contributed by atoms with Gasteiger partial charge in [-0.1, -0.05) is 30.3 Å². The molecule has 1 fully saturated rings. The van der Waals surface area contributed by atoms with Crippen molar-refractivity contribution in [3.63, 3.8) is 0 Å². The van der Waals surface area contributed by atoms with E-state index in [9.17, 15) is 4.79 Å². The predicted octanol–water partition coefficient (Wildman–Crippen LogP) is 0.830. The molecular formula is C19H24N8O. The molecule has 0 aliphatic carbocycles. The molecule has 0 atom stereocenters. The summed E-state index contributed by atoms with van der Waals surface area (Å²) in [6, 6.07) is 10.1. The van der Waals surface area contributed by atoms with Gasteiger partial charge in [0.1, 0.15) is 6.54 Å². The Morgan fingerprint density at radius 2 is 1.89 bits per heavy atom. The smallest absolute Gasteiger partial charge is 0.242 e. The first-order valence-electron chi connectivity index (χ1n) is 9.55. The minimum absolute atomic E-state index is 0.119. The third-order valence-electron chi connectivity index (χ3n) is 4.83. The van der Waals surface area contributed by atoms with Crippen LogP contribution in [0.4, 0.5) is 0 Å². The van der Waals surface area contributed by atoms with Crippen LogP contribution in [0.3, 0.4) is 0 Å². The van der Waals surface area contributed by atoms with Crippen LogP contribution in [0.1, 0.15) is 29.8 Å². The molecule has 1 amide bonds. The molecule has 146 valence electrons. The lowest BCUT2D eigenvalue weighted by Crippen LogP contribution is -2.29. The second kappa shape index (κ2) is 8.75. The number of benzene rings is 1. The molecule has 0 saturated carbocycles. The number of nitrogens with zero attached hydrogens (tertiary/aromatic N) is 7. The van der Waals surface area contributed by atoms with Crippen molar-refractivity contribution in [2.24, 2.45) is 0 Å². The number of tetrazole rings is 1. The average Bonchev–Trinajstić information content (AvgIpc) is 3.45. The van der Waals surface area contributed by atoms with Crippen molar-refractivity contribution in [3.05, 3.63) is 59.7 Å². The summed E-state index contributed by atoms with van der Waals surface area (Å²) >= 11 is 0. The van der Waals surface area contributed by atoms with Crippen LogP contribution >= 0.6 is 0 Å². The van der Waals surface area contributed by atoms with E-state index < -0.39 is 0 Å². The summed E-state index contributed by atoms with van der Waals surface area (Å²) < 4.78 is 3.44. The Labute approximate surface area is 163 Å². The molecule has 3 aromatic rings. The van der Waals surface area contributed by atoms with Crippen LogP contribution in [0, 0.1) is 0 Å². The molecule has 9 nitrogen and oxygen atoms in total. The largest absolute Gasteiger partial charge is 0.350 e. The summed E-state index contributed by atoms with van der Waals surface area (Å²) in [7, 11) is 0. The second-order valence-electron chi connectivity index (χ2n) is 7.04. The maximum absolute atomic E-state index is 12.3. The Hall–Kier alpha value is -3.07. The fourth-order valence-electron chi connectivity index (χ4n) is 3.35. The van der Waals surface area contributed by atoms with Gasteiger partial charge < -0.3 is 5.32 Å². The number of carbonyl (C=O) groups excluding carboxylic acids is 1. The standard InChI is InChI=1S/C19H24N8O/c28-19(15-27-18(22-23-24-27)14-25-8-4-5-9-25)20-10-17-11-21-26(13-17)12-16-6-2-1-3-7-16/h1-3,6-7,11,13H,4-5,8-10,12,14-15H2,(H,20,28). The highest BCUT2D eigenvalue weighted by molar-refractivity contribution is 5.75. The van der Waals surface area contributed by atoms with Gasteiger partial charge in [0, 0.05) is 18.3 Å². The zero-order chi connectivity index (χ0) is 19.2. The fraction of sp³-hybridized carbons (Fsp3) is 0.421. The van der Waals surface area contributed by atoms with Crippen LogP contribution in [-0.2, 0) is 31.0 Å². The second-order valence-corrected chi connectivity index (χ2v) is 7.04. The van der Waals surface area contributed by atoms with Gasteiger partial charge in [-0.25, -0.2) is 4.68 Å². The summed E-state index contributed by atoms with van der Waals surface area (Å²) in [5.41, 5.74) is 2.14. The molecule has 1 saturated heterocycles. The van der Waals surface area contributed by atoms with E-state index in [1.807, 2.05) is 29.1 Å². The Bertz CT molecular complexity index is 898. The lowest BCUT2D eigenvalue weighted by atomic mass is 10.2. The van der Waals surface area contributed by atoms with Crippen LogP contribution in [0.2, 0.25) is 0 Å². The molecule has 1 aliphatic heterocycles. The van der Waals surface area contributed by atoms with E-state index >= 15 is 0 Å². The number of likely N-dealkylation sites (tertiary alicyclic amines) is 1. The number of hydrogen-bond donors (Lipinski definition) is 1. The molecule has 0 spiro atoms. The van der Waals surface area contributed by atoms with Crippen LogP contribution < -0.4 is 5.32 Å². The predicted molar refractivity (Wildman–Crippen MR) is 102 cm³/mol. The summed E-state index contributed by atoms with van der Waals surface area (Å²) in [5, 5.41) is 19.0. The molecule has 1 aromatic carbocycles. The number of rotatable bonds is 8. The molecular weight excluding hydrogens is 356 g/mol. The van der Waals surface area contributed by atoms with Gasteiger partial charge in [-0.3, -0.25) is 14.4 Å². The van der Waals surface area contributed by atoms with E-state index in [1.54, 1.807) is 10.9 Å². The van der Waals surface area contributed by atoms with Crippen molar-refractivity contribution in [3.8, 4) is 0 Å². The van der Waals surface area contributed by atoms with Crippen molar-refractivity contribution in [1.29, 1.82) is 0 Å². The summed E-state index contributed by atoms with van der Waals surface area (Å²) in [6.07, 6.45) is 6.14. The Kier molecular flexibility index (Phi) is 5.72. The third-order valence-corrected chi connectivity index (χ3v) is 4.83. The first kappa shape index (κ1) is 18.3. The van der Waals surface area contributed by atoms with Gasteiger partial charge in [0.2, 0.25) is 5.91 Å². The molecule has 0 radical (unpaired) electrons. The van der Waals surface area contributed by atoms with Crippen molar-refractivity contribution in [1.82, 2.24) is 40.2 Å². The van der Waals surface area contributed by atoms with Crippen molar-refractivity contribution in [2.45, 2.75) is 39.0 Å². The van der Waals surface area contributed by atoms with E-state index in [0.29, 0.717) is 19.6 Å². The lowest BCUT2D eigenvalue weighted by Gasteiger charge is -2.13. The zero-order valence-corrected chi connectivity index (χ0v) is 15.7. The SMILES string of the molecule is O=C(Cn1nnnc1CN1CCCC1)NCc1cnn(Cc2ccccc2)c1. The van der Waals surface area contributed by atoms with Crippen LogP contribution in [0.25, 0.3) is 0 Å². The van der Waals surface area contributed by atoms with Crippen LogP contribution in [0.15, 0.2) is 42.7 Å². The molecule has 28 heavy (non-hydrogen) atoms. The topological polar surface area (TPSA) is 93.8 Å². The van der Waals surface area contributed by atoms with E-state index in [4.69, 9.17) is 0 Å². The highest BCUT2D eigenvalue weighted by Gasteiger charge is 2.17. The van der Waals surface area contributed by atoms with Crippen molar-refractivity contribution < 1.29 is 4.79 Å². The van der Waals surface area contributed by atoms with E-state index in [2.05, 4.69) is 43.0 Å². The molecule has 4 rings (SSSR count). The highest BCUT2D eigenvalue weighted by atomic mass is 16.2. The normalized spacial score (nSPS) is 14.4. The minimum Gasteiger partial charge on any atom is -0.350 e. The van der Waals surface area contributed by atoms with Crippen molar-refractivity contribution >= 4 is 5.91 Å². The summed E-state index contributed by atoms with van der Waals surface area (Å²) in [5.74, 6) is 0.610. The molecule has 3 heterocycles. The number of hydrogen-bond acceptors (Lipinski definition) is 6. The quantitative estimate of drug-likeness (QED) is 0.622. The first-order chi connectivity index (χ1) is 13.8. The Morgan fingerprint density at radius 3 is 2.71 bits per heavy atom. The number of nitrogens with one attached hydrogen (secondary N) is 1. The molecule has 0 bridgehead atoms. The van der Waals surface area contributed by atoms with E-state index in [0.717, 1.165) is 24.5 Å². The Balaban J connectivity index is 1.26. The average molecular weight is 380 g/mol. The summed E-state index contributed by atoms with van der Waals surface area (Å²) in [6.45, 7) is 4.06. The zero-order valence-electron chi connectivity index (χ0n) is 15.7. The summed E-state index contributed by atoms with van der Waals surface area (Å²) in [4.78, 5) is 14.6. The Morgan fingerprint density at radius 1 is 1.07 bits per heavy atom. The lowest BCUT2D eigenvalue weighted by molar-refractivity contribution is -0.122. The molecule has 2 aromatic heterocycles. The van der Waals surface area contributed by atoms with Crippen molar-refractivity contribution in [2.75, 3.05) is 13.1 Å². The van der Waals surface area contributed by atoms with Gasteiger partial charge in [0.25, 0.3) is 0 Å². The first-order valence-corrected chi connectivity index (χ1v) is 9.55. The van der Waals surface area contributed by atoms with Gasteiger partial charge in [0.15, 0.2) is 5.82 Å². The van der Waals surface area contributed by atoms with Crippen LogP contribution in [-0.4, -0.2) is 53.9 Å². The van der Waals surface area contributed by atoms with Crippen LogP contribution in [0.5, 0.6) is 0 Å². The van der Waals surface area contributed by atoms with E-state index in [-0.39, 0.29) is 12.5 Å². The maximum Gasteiger partial charge on any atom is 0.242 e.